The maximum absolute atomic E-state index is 14.0. The molecule has 0 aliphatic rings. The highest BCUT2D eigenvalue weighted by Gasteiger charge is 2.30. The molecule has 0 fully saturated rings. The van der Waals surface area contributed by atoms with Gasteiger partial charge in [0.15, 0.2) is 0 Å². The monoisotopic (exact) mass is 661 g/mol. The van der Waals surface area contributed by atoms with Gasteiger partial charge in [-0.2, -0.15) is 0 Å². The number of sulfonamides is 1. The van der Waals surface area contributed by atoms with Gasteiger partial charge in [-0.05, 0) is 71.5 Å². The van der Waals surface area contributed by atoms with E-state index in [2.05, 4.69) is 10.0 Å². The van der Waals surface area contributed by atoms with Crippen LogP contribution < -0.4 is 14.8 Å². The van der Waals surface area contributed by atoms with Gasteiger partial charge in [0.2, 0.25) is 21.8 Å². The van der Waals surface area contributed by atoms with Crippen molar-refractivity contribution >= 4 is 33.4 Å². The Labute approximate surface area is 276 Å². The quantitative estimate of drug-likeness (QED) is 0.163. The number of carbonyl (C=O) groups excluding carboxylic acids is 2. The summed E-state index contributed by atoms with van der Waals surface area (Å²) in [5.41, 5.74) is 3.65. The van der Waals surface area contributed by atoms with E-state index in [-0.39, 0.29) is 29.7 Å². The normalized spacial score (nSPS) is 11.9. The van der Waals surface area contributed by atoms with E-state index in [1.807, 2.05) is 66.7 Å². The molecule has 0 saturated heterocycles. The number of ether oxygens (including phenoxy) is 1. The van der Waals surface area contributed by atoms with Gasteiger partial charge in [-0.25, -0.2) is 13.1 Å². The van der Waals surface area contributed by atoms with E-state index in [0.717, 1.165) is 28.0 Å². The number of benzene rings is 4. The summed E-state index contributed by atoms with van der Waals surface area (Å²) in [6, 6.07) is 30.3. The van der Waals surface area contributed by atoms with Crippen molar-refractivity contribution in [2.24, 2.45) is 0 Å². The molecule has 4 aromatic carbocycles. The Morgan fingerprint density at radius 1 is 0.804 bits per heavy atom. The molecule has 10 heteroatoms. The van der Waals surface area contributed by atoms with Crippen LogP contribution >= 0.6 is 11.6 Å². The van der Waals surface area contributed by atoms with Gasteiger partial charge >= 0.3 is 0 Å². The van der Waals surface area contributed by atoms with Gasteiger partial charge in [-0.15, -0.1) is 0 Å². The number of halogens is 1. The SMILES string of the molecule is CCNS(=O)(=O)c1ccc(CCC(=O)N(Cc2ccc(Cl)cc2)C(Cc2ccccc2)C(=O)NCCc2ccc(OC)cc2)cc1. The van der Waals surface area contributed by atoms with Crippen LogP contribution in [0.3, 0.4) is 0 Å². The Morgan fingerprint density at radius 2 is 1.41 bits per heavy atom. The van der Waals surface area contributed by atoms with Crippen molar-refractivity contribution < 1.29 is 22.7 Å². The molecule has 0 aromatic heterocycles. The van der Waals surface area contributed by atoms with Gasteiger partial charge in [0.05, 0.1) is 12.0 Å². The van der Waals surface area contributed by atoms with Crippen molar-refractivity contribution in [3.63, 3.8) is 0 Å². The molecule has 2 amide bonds. The van der Waals surface area contributed by atoms with Gasteiger partial charge in [0.1, 0.15) is 11.8 Å². The first kappa shape index (κ1) is 34.7. The van der Waals surface area contributed by atoms with Crippen LogP contribution in [0.4, 0.5) is 0 Å². The molecule has 4 aromatic rings. The van der Waals surface area contributed by atoms with Crippen LogP contribution in [0, 0.1) is 0 Å². The molecule has 4 rings (SSSR count). The summed E-state index contributed by atoms with van der Waals surface area (Å²) in [7, 11) is -1.95. The zero-order valence-electron chi connectivity index (χ0n) is 26.1. The zero-order valence-corrected chi connectivity index (χ0v) is 27.7. The summed E-state index contributed by atoms with van der Waals surface area (Å²) in [6.07, 6.45) is 1.48. The molecule has 0 aliphatic heterocycles. The number of rotatable bonds is 16. The van der Waals surface area contributed by atoms with Gasteiger partial charge in [0.25, 0.3) is 0 Å². The maximum atomic E-state index is 14.0. The third-order valence-electron chi connectivity index (χ3n) is 7.60. The highest BCUT2D eigenvalue weighted by atomic mass is 35.5. The third-order valence-corrected chi connectivity index (χ3v) is 9.42. The highest BCUT2D eigenvalue weighted by Crippen LogP contribution is 2.19. The minimum absolute atomic E-state index is 0.136. The fraction of sp³-hybridized carbons (Fsp3) is 0.278. The lowest BCUT2D eigenvalue weighted by Crippen LogP contribution is -2.50. The Hall–Kier alpha value is -4.18. The van der Waals surface area contributed by atoms with E-state index in [0.29, 0.717) is 37.4 Å². The fourth-order valence-electron chi connectivity index (χ4n) is 5.08. The summed E-state index contributed by atoms with van der Waals surface area (Å²) >= 11 is 6.14. The molecule has 0 saturated carbocycles. The molecule has 2 N–H and O–H groups in total. The lowest BCUT2D eigenvalue weighted by molar-refractivity contribution is -0.141. The number of hydrogen-bond donors (Lipinski definition) is 2. The number of nitrogens with zero attached hydrogens (tertiary/aromatic N) is 1. The van der Waals surface area contributed by atoms with Crippen molar-refractivity contribution in [2.45, 2.75) is 50.1 Å². The maximum Gasteiger partial charge on any atom is 0.243 e. The molecule has 8 nitrogen and oxygen atoms in total. The van der Waals surface area contributed by atoms with E-state index in [1.165, 1.54) is 12.1 Å². The van der Waals surface area contributed by atoms with Gasteiger partial charge in [0, 0.05) is 37.5 Å². The molecular weight excluding hydrogens is 622 g/mol. The largest absolute Gasteiger partial charge is 0.497 e. The highest BCUT2D eigenvalue weighted by molar-refractivity contribution is 7.89. The van der Waals surface area contributed by atoms with E-state index >= 15 is 0 Å². The average molecular weight is 662 g/mol. The molecule has 0 bridgehead atoms. The van der Waals surface area contributed by atoms with Gasteiger partial charge in [-0.3, -0.25) is 9.59 Å². The predicted octanol–water partition coefficient (Wildman–Crippen LogP) is 5.58. The number of amides is 2. The van der Waals surface area contributed by atoms with Gasteiger partial charge in [-0.1, -0.05) is 85.3 Å². The van der Waals surface area contributed by atoms with Crippen molar-refractivity contribution in [3.05, 3.63) is 130 Å². The number of carbonyl (C=O) groups is 2. The number of nitrogens with one attached hydrogen (secondary N) is 2. The summed E-state index contributed by atoms with van der Waals surface area (Å²) in [5, 5.41) is 3.65. The van der Waals surface area contributed by atoms with Crippen LogP contribution in [0.1, 0.15) is 35.6 Å². The Bertz CT molecular complexity index is 1660. The van der Waals surface area contributed by atoms with E-state index < -0.39 is 16.1 Å². The Kier molecular flexibility index (Phi) is 12.8. The van der Waals surface area contributed by atoms with Gasteiger partial charge < -0.3 is 15.0 Å². The van der Waals surface area contributed by atoms with Crippen LogP contribution in [-0.2, 0) is 45.4 Å². The Morgan fingerprint density at radius 3 is 2.04 bits per heavy atom. The van der Waals surface area contributed by atoms with Crippen LogP contribution in [0.15, 0.2) is 108 Å². The second-order valence-corrected chi connectivity index (χ2v) is 13.1. The molecular formula is C36H40ClN3O5S. The average Bonchev–Trinajstić information content (AvgIpc) is 3.07. The lowest BCUT2D eigenvalue weighted by atomic mass is 10.0. The predicted molar refractivity (Wildman–Crippen MR) is 181 cm³/mol. The molecule has 0 aliphatic carbocycles. The Balaban J connectivity index is 1.55. The molecule has 1 atom stereocenters. The standard InChI is InChI=1S/C36H40ClN3O5S/c1-3-39-46(43,44)33-20-13-27(14-21-33)15-22-35(41)40(26-30-9-16-31(37)17-10-30)34(25-29-7-5-4-6-8-29)36(42)38-24-23-28-11-18-32(45-2)19-12-28/h4-14,16-21,34,39H,3,15,22-26H2,1-2H3,(H,38,42). The number of hydrogen-bond acceptors (Lipinski definition) is 5. The summed E-state index contributed by atoms with van der Waals surface area (Å²) in [6.45, 7) is 2.64. The topological polar surface area (TPSA) is 105 Å². The van der Waals surface area contributed by atoms with Crippen LogP contribution in [0.25, 0.3) is 0 Å². The molecule has 0 radical (unpaired) electrons. The fourth-order valence-corrected chi connectivity index (χ4v) is 6.25. The number of methoxy groups -OCH3 is 1. The molecule has 0 heterocycles. The smallest absolute Gasteiger partial charge is 0.243 e. The van der Waals surface area contributed by atoms with Crippen LogP contribution in [-0.4, -0.2) is 51.4 Å². The van der Waals surface area contributed by atoms with Crippen molar-refractivity contribution in [3.8, 4) is 5.75 Å². The molecule has 1 unspecified atom stereocenters. The van der Waals surface area contributed by atoms with E-state index in [9.17, 15) is 18.0 Å². The van der Waals surface area contributed by atoms with Crippen molar-refractivity contribution in [1.29, 1.82) is 0 Å². The lowest BCUT2D eigenvalue weighted by Gasteiger charge is -2.32. The third kappa shape index (κ3) is 10.2. The zero-order chi connectivity index (χ0) is 32.9. The summed E-state index contributed by atoms with van der Waals surface area (Å²) < 4.78 is 32.4. The van der Waals surface area contributed by atoms with E-state index in [1.54, 1.807) is 43.2 Å². The summed E-state index contributed by atoms with van der Waals surface area (Å²) in [5.74, 6) is 0.338. The van der Waals surface area contributed by atoms with Crippen LogP contribution in [0.5, 0.6) is 5.75 Å². The van der Waals surface area contributed by atoms with Crippen molar-refractivity contribution in [2.75, 3.05) is 20.2 Å². The first-order valence-electron chi connectivity index (χ1n) is 15.3. The minimum atomic E-state index is -3.57. The first-order chi connectivity index (χ1) is 22.2. The molecule has 242 valence electrons. The van der Waals surface area contributed by atoms with Crippen molar-refractivity contribution in [1.82, 2.24) is 14.9 Å². The first-order valence-corrected chi connectivity index (χ1v) is 17.1. The molecule has 0 spiro atoms. The minimum Gasteiger partial charge on any atom is -0.497 e. The molecule has 46 heavy (non-hydrogen) atoms. The number of aryl methyl sites for hydroxylation is 1. The second-order valence-electron chi connectivity index (χ2n) is 10.9. The summed E-state index contributed by atoms with van der Waals surface area (Å²) in [4.78, 5) is 29.7. The second kappa shape index (κ2) is 16.9. The van der Waals surface area contributed by atoms with E-state index in [4.69, 9.17) is 16.3 Å². The van der Waals surface area contributed by atoms with Crippen LogP contribution in [0.2, 0.25) is 5.02 Å².